The van der Waals surface area contributed by atoms with E-state index >= 15 is 0 Å². The largest absolute Gasteiger partial charge is 0.381 e. The number of methoxy groups -OCH3 is 1. The van der Waals surface area contributed by atoms with Crippen molar-refractivity contribution in [3.63, 3.8) is 0 Å². The van der Waals surface area contributed by atoms with Crippen LogP contribution in [0, 0.1) is 0 Å². The summed E-state index contributed by atoms with van der Waals surface area (Å²) < 4.78 is 5.07. The predicted octanol–water partition coefficient (Wildman–Crippen LogP) is 2.85. The summed E-state index contributed by atoms with van der Waals surface area (Å²) in [6.45, 7) is 4.05. The number of hydrogen-bond acceptors (Lipinski definition) is 3. The standard InChI is InChI=1S/C12H18O2S/c1-4-11-5-6-12(15-11)8-10(13)7-9(2)14-3/h5-6,9H,4,7-8H2,1-3H3. The first-order valence-corrected chi connectivity index (χ1v) is 6.09. The van der Waals surface area contributed by atoms with Crippen molar-refractivity contribution in [3.05, 3.63) is 21.9 Å². The topological polar surface area (TPSA) is 26.3 Å². The highest BCUT2D eigenvalue weighted by Gasteiger charge is 2.10. The van der Waals surface area contributed by atoms with Gasteiger partial charge in [-0.05, 0) is 25.5 Å². The molecule has 0 aromatic carbocycles. The van der Waals surface area contributed by atoms with Crippen LogP contribution in [-0.2, 0) is 22.4 Å². The molecule has 0 radical (unpaired) electrons. The molecule has 1 rings (SSSR count). The van der Waals surface area contributed by atoms with Crippen molar-refractivity contribution in [2.75, 3.05) is 7.11 Å². The average Bonchev–Trinajstić information content (AvgIpc) is 2.65. The highest BCUT2D eigenvalue weighted by Crippen LogP contribution is 2.18. The third-order valence-corrected chi connectivity index (χ3v) is 3.58. The lowest BCUT2D eigenvalue weighted by Gasteiger charge is -2.06. The summed E-state index contributed by atoms with van der Waals surface area (Å²) in [7, 11) is 1.64. The van der Waals surface area contributed by atoms with Crippen LogP contribution in [0.5, 0.6) is 0 Å². The first-order valence-electron chi connectivity index (χ1n) is 5.27. The smallest absolute Gasteiger partial charge is 0.140 e. The Morgan fingerprint density at radius 3 is 2.67 bits per heavy atom. The van der Waals surface area contributed by atoms with Gasteiger partial charge in [0, 0.05) is 29.7 Å². The highest BCUT2D eigenvalue weighted by atomic mass is 32.1. The van der Waals surface area contributed by atoms with Crippen LogP contribution < -0.4 is 0 Å². The average molecular weight is 226 g/mol. The molecule has 1 heterocycles. The van der Waals surface area contributed by atoms with E-state index in [1.54, 1.807) is 18.4 Å². The molecule has 1 atom stereocenters. The quantitative estimate of drug-likeness (QED) is 0.745. The van der Waals surface area contributed by atoms with E-state index < -0.39 is 0 Å². The van der Waals surface area contributed by atoms with Crippen LogP contribution >= 0.6 is 11.3 Å². The summed E-state index contributed by atoms with van der Waals surface area (Å²) in [5, 5.41) is 0. The third-order valence-electron chi connectivity index (χ3n) is 2.35. The Bertz CT molecular complexity index is 317. The Kier molecular flexibility index (Phi) is 4.99. The minimum atomic E-state index is 0.0307. The van der Waals surface area contributed by atoms with Gasteiger partial charge in [0.05, 0.1) is 6.10 Å². The summed E-state index contributed by atoms with van der Waals surface area (Å²) >= 11 is 1.73. The Morgan fingerprint density at radius 1 is 1.47 bits per heavy atom. The molecule has 0 bridgehead atoms. The number of ketones is 1. The van der Waals surface area contributed by atoms with Crippen LogP contribution in [0.3, 0.4) is 0 Å². The van der Waals surface area contributed by atoms with Gasteiger partial charge in [0.15, 0.2) is 0 Å². The van der Waals surface area contributed by atoms with E-state index in [4.69, 9.17) is 4.74 Å². The zero-order valence-corrected chi connectivity index (χ0v) is 10.4. The first-order chi connectivity index (χ1) is 7.15. The van der Waals surface area contributed by atoms with Gasteiger partial charge in [0.25, 0.3) is 0 Å². The fourth-order valence-corrected chi connectivity index (χ4v) is 2.36. The molecule has 1 aromatic heterocycles. The molecule has 0 aliphatic carbocycles. The monoisotopic (exact) mass is 226 g/mol. The zero-order valence-electron chi connectivity index (χ0n) is 9.58. The van der Waals surface area contributed by atoms with Gasteiger partial charge in [0.1, 0.15) is 5.78 Å². The molecule has 2 nitrogen and oxygen atoms in total. The summed E-state index contributed by atoms with van der Waals surface area (Å²) in [5.74, 6) is 0.258. The predicted molar refractivity (Wildman–Crippen MR) is 63.5 cm³/mol. The van der Waals surface area contributed by atoms with E-state index in [0.29, 0.717) is 12.8 Å². The van der Waals surface area contributed by atoms with Crippen molar-refractivity contribution in [3.8, 4) is 0 Å². The number of ether oxygens (including phenoxy) is 1. The lowest BCUT2D eigenvalue weighted by molar-refractivity contribution is -0.120. The lowest BCUT2D eigenvalue weighted by atomic mass is 10.1. The summed E-state index contributed by atoms with van der Waals surface area (Å²) in [6.07, 6.45) is 2.14. The van der Waals surface area contributed by atoms with E-state index in [9.17, 15) is 4.79 Å². The molecule has 1 unspecified atom stereocenters. The van der Waals surface area contributed by atoms with Crippen molar-refractivity contribution < 1.29 is 9.53 Å². The number of thiophene rings is 1. The van der Waals surface area contributed by atoms with Crippen molar-refractivity contribution in [1.82, 2.24) is 0 Å². The van der Waals surface area contributed by atoms with Gasteiger partial charge < -0.3 is 4.74 Å². The molecular weight excluding hydrogens is 208 g/mol. The normalized spacial score (nSPS) is 12.7. The van der Waals surface area contributed by atoms with Gasteiger partial charge in [-0.2, -0.15) is 0 Å². The van der Waals surface area contributed by atoms with Crippen LogP contribution in [0.25, 0.3) is 0 Å². The Hall–Kier alpha value is -0.670. The minimum Gasteiger partial charge on any atom is -0.381 e. The van der Waals surface area contributed by atoms with Gasteiger partial charge in [-0.25, -0.2) is 0 Å². The Balaban J connectivity index is 2.44. The van der Waals surface area contributed by atoms with Crippen molar-refractivity contribution in [2.24, 2.45) is 0 Å². The fourth-order valence-electron chi connectivity index (χ4n) is 1.38. The molecule has 0 amide bonds. The number of rotatable bonds is 6. The van der Waals surface area contributed by atoms with Crippen molar-refractivity contribution in [1.29, 1.82) is 0 Å². The highest BCUT2D eigenvalue weighted by molar-refractivity contribution is 7.12. The second-order valence-electron chi connectivity index (χ2n) is 3.69. The molecular formula is C12H18O2S. The lowest BCUT2D eigenvalue weighted by Crippen LogP contribution is -2.13. The van der Waals surface area contributed by atoms with E-state index in [2.05, 4.69) is 19.1 Å². The maximum Gasteiger partial charge on any atom is 0.140 e. The van der Waals surface area contributed by atoms with Crippen molar-refractivity contribution >= 4 is 17.1 Å². The molecule has 3 heteroatoms. The summed E-state index contributed by atoms with van der Waals surface area (Å²) in [6, 6.07) is 4.16. The number of Topliss-reactive ketones (excluding diaryl/α,β-unsaturated/α-hetero) is 1. The Labute approximate surface area is 95.3 Å². The van der Waals surface area contributed by atoms with E-state index in [-0.39, 0.29) is 11.9 Å². The van der Waals surface area contributed by atoms with E-state index in [1.165, 1.54) is 9.75 Å². The molecule has 15 heavy (non-hydrogen) atoms. The van der Waals surface area contributed by atoms with Crippen molar-refractivity contribution in [2.45, 2.75) is 39.2 Å². The molecule has 0 fully saturated rings. The minimum absolute atomic E-state index is 0.0307. The molecule has 0 spiro atoms. The van der Waals surface area contributed by atoms with E-state index in [0.717, 1.165) is 6.42 Å². The van der Waals surface area contributed by atoms with E-state index in [1.807, 2.05) is 6.92 Å². The van der Waals surface area contributed by atoms with Gasteiger partial charge in [-0.1, -0.05) is 6.92 Å². The fraction of sp³-hybridized carbons (Fsp3) is 0.583. The molecule has 0 aliphatic rings. The van der Waals surface area contributed by atoms with Crippen LogP contribution in [0.1, 0.15) is 30.0 Å². The zero-order chi connectivity index (χ0) is 11.3. The third kappa shape index (κ3) is 4.14. The second-order valence-corrected chi connectivity index (χ2v) is 4.94. The van der Waals surface area contributed by atoms with Crippen LogP contribution in [0.2, 0.25) is 0 Å². The first kappa shape index (κ1) is 12.4. The second kappa shape index (κ2) is 6.03. The molecule has 1 aromatic rings. The summed E-state index contributed by atoms with van der Waals surface area (Å²) in [5.41, 5.74) is 0. The Morgan fingerprint density at radius 2 is 2.13 bits per heavy atom. The molecule has 0 saturated heterocycles. The number of aryl methyl sites for hydroxylation is 1. The maximum atomic E-state index is 11.6. The molecule has 0 aliphatic heterocycles. The van der Waals surface area contributed by atoms with Crippen LogP contribution in [0.4, 0.5) is 0 Å². The number of hydrogen-bond donors (Lipinski definition) is 0. The molecule has 0 N–H and O–H groups in total. The summed E-state index contributed by atoms with van der Waals surface area (Å²) in [4.78, 5) is 14.1. The van der Waals surface area contributed by atoms with Gasteiger partial charge in [-0.15, -0.1) is 11.3 Å². The van der Waals surface area contributed by atoms with Crippen LogP contribution in [-0.4, -0.2) is 19.0 Å². The SMILES string of the molecule is CCc1ccc(CC(=O)CC(C)OC)s1. The van der Waals surface area contributed by atoms with Crippen LogP contribution in [0.15, 0.2) is 12.1 Å². The van der Waals surface area contributed by atoms with Gasteiger partial charge in [0.2, 0.25) is 0 Å². The molecule has 0 saturated carbocycles. The number of carbonyl (C=O) groups excluding carboxylic acids is 1. The number of carbonyl (C=O) groups is 1. The molecule has 84 valence electrons. The van der Waals surface area contributed by atoms with Gasteiger partial charge >= 0.3 is 0 Å². The van der Waals surface area contributed by atoms with Gasteiger partial charge in [-0.3, -0.25) is 4.79 Å². The maximum absolute atomic E-state index is 11.6.